The average Bonchev–Trinajstić information content (AvgIpc) is 3.31. The maximum Gasteiger partial charge on any atom is 0.294 e. The van der Waals surface area contributed by atoms with E-state index in [2.05, 4.69) is 5.32 Å². The Labute approximate surface area is 177 Å². The van der Waals surface area contributed by atoms with Crippen LogP contribution in [0.1, 0.15) is 11.3 Å². The molecule has 0 spiro atoms. The Morgan fingerprint density at radius 2 is 1.77 bits per heavy atom. The fourth-order valence-corrected chi connectivity index (χ4v) is 3.75. The van der Waals surface area contributed by atoms with Crippen LogP contribution in [0.25, 0.3) is 17.4 Å². The van der Waals surface area contributed by atoms with Gasteiger partial charge in [-0.1, -0.05) is 48.0 Å². The molecule has 2 heterocycles. The van der Waals surface area contributed by atoms with Crippen molar-refractivity contribution >= 4 is 40.6 Å². The summed E-state index contributed by atoms with van der Waals surface area (Å²) in [5, 5.41) is 2.20. The van der Waals surface area contributed by atoms with E-state index in [0.717, 1.165) is 27.8 Å². The third-order valence-electron chi connectivity index (χ3n) is 4.47. The smallest absolute Gasteiger partial charge is 0.294 e. The first-order chi connectivity index (χ1) is 14.5. The van der Waals surface area contributed by atoms with Gasteiger partial charge in [0.1, 0.15) is 18.1 Å². The number of hydrogen-bond acceptors (Lipinski definition) is 5. The van der Waals surface area contributed by atoms with Crippen LogP contribution in [-0.2, 0) is 9.59 Å². The molecule has 4 rings (SSSR count). The van der Waals surface area contributed by atoms with Crippen molar-refractivity contribution < 1.29 is 18.8 Å². The van der Waals surface area contributed by atoms with E-state index in [1.54, 1.807) is 24.3 Å². The van der Waals surface area contributed by atoms with Crippen LogP contribution in [0, 0.1) is 6.92 Å². The maximum absolute atomic E-state index is 12.6. The summed E-state index contributed by atoms with van der Waals surface area (Å²) in [7, 11) is 0. The normalized spacial score (nSPS) is 15.1. The number of aryl methyl sites for hydroxylation is 1. The highest BCUT2D eigenvalue weighted by molar-refractivity contribution is 8.18. The summed E-state index contributed by atoms with van der Waals surface area (Å²) in [6, 6.07) is 20.4. The molecule has 0 aliphatic carbocycles. The molecular weight excluding hydrogens is 400 g/mol. The molecule has 1 aliphatic heterocycles. The molecule has 1 aliphatic rings. The number of carbonyl (C=O) groups excluding carboxylic acids is 3. The summed E-state index contributed by atoms with van der Waals surface area (Å²) in [6.07, 6.45) is 1.52. The standard InChI is InChI=1S/C23H18N2O4S/c1-15-7-9-17(10-8-15)24-21(26)14-25-22(27)20(30-23(25)28)13-18-11-12-19(29-18)16-5-3-2-4-6-16/h2-13H,14H2,1H3,(H,24,26)/b20-13+. The van der Waals surface area contributed by atoms with Gasteiger partial charge in [0.15, 0.2) is 0 Å². The molecule has 1 aromatic heterocycles. The number of benzene rings is 2. The highest BCUT2D eigenvalue weighted by Crippen LogP contribution is 2.33. The summed E-state index contributed by atoms with van der Waals surface area (Å²) >= 11 is 0.790. The molecule has 150 valence electrons. The largest absolute Gasteiger partial charge is 0.457 e. The van der Waals surface area contributed by atoms with Crippen LogP contribution in [0.3, 0.4) is 0 Å². The molecule has 0 unspecified atom stereocenters. The molecule has 1 saturated heterocycles. The van der Waals surface area contributed by atoms with Gasteiger partial charge in [-0.05, 0) is 43.0 Å². The third-order valence-corrected chi connectivity index (χ3v) is 5.38. The molecule has 3 amide bonds. The number of nitrogens with zero attached hydrogens (tertiary/aromatic N) is 1. The Morgan fingerprint density at radius 1 is 1.03 bits per heavy atom. The molecule has 2 aromatic carbocycles. The molecule has 7 heteroatoms. The zero-order chi connectivity index (χ0) is 21.1. The molecular formula is C23H18N2O4S. The van der Waals surface area contributed by atoms with Crippen LogP contribution in [-0.4, -0.2) is 28.5 Å². The van der Waals surface area contributed by atoms with Gasteiger partial charge in [-0.25, -0.2) is 0 Å². The summed E-state index contributed by atoms with van der Waals surface area (Å²) in [5.74, 6) is 0.176. The van der Waals surface area contributed by atoms with Crippen LogP contribution in [0.5, 0.6) is 0 Å². The van der Waals surface area contributed by atoms with Crippen molar-refractivity contribution in [1.82, 2.24) is 4.90 Å². The van der Waals surface area contributed by atoms with Gasteiger partial charge in [0.05, 0.1) is 4.91 Å². The van der Waals surface area contributed by atoms with Crippen molar-refractivity contribution in [2.75, 3.05) is 11.9 Å². The van der Waals surface area contributed by atoms with Gasteiger partial charge in [-0.15, -0.1) is 0 Å². The number of imide groups is 1. The van der Waals surface area contributed by atoms with Crippen molar-refractivity contribution in [2.45, 2.75) is 6.92 Å². The third kappa shape index (κ3) is 4.36. The summed E-state index contributed by atoms with van der Waals surface area (Å²) in [5.41, 5.74) is 2.59. The van der Waals surface area contributed by atoms with Crippen molar-refractivity contribution in [3.63, 3.8) is 0 Å². The van der Waals surface area contributed by atoms with Gasteiger partial charge in [0.25, 0.3) is 11.1 Å². The highest BCUT2D eigenvalue weighted by Gasteiger charge is 2.36. The quantitative estimate of drug-likeness (QED) is 0.594. The van der Waals surface area contributed by atoms with E-state index in [9.17, 15) is 14.4 Å². The minimum Gasteiger partial charge on any atom is -0.457 e. The zero-order valence-corrected chi connectivity index (χ0v) is 16.9. The van der Waals surface area contributed by atoms with Gasteiger partial charge in [-0.2, -0.15) is 0 Å². The first-order valence-electron chi connectivity index (χ1n) is 9.27. The number of amides is 3. The van der Waals surface area contributed by atoms with E-state index in [-0.39, 0.29) is 11.4 Å². The first kappa shape index (κ1) is 19.7. The molecule has 0 bridgehead atoms. The topological polar surface area (TPSA) is 79.6 Å². The second-order valence-electron chi connectivity index (χ2n) is 6.75. The SMILES string of the molecule is Cc1ccc(NC(=O)CN2C(=O)S/C(=C/c3ccc(-c4ccccc4)o3)C2=O)cc1. The molecule has 0 atom stereocenters. The van der Waals surface area contributed by atoms with Crippen molar-refractivity contribution in [1.29, 1.82) is 0 Å². The minimum absolute atomic E-state index is 0.220. The zero-order valence-electron chi connectivity index (χ0n) is 16.1. The average molecular weight is 418 g/mol. The van der Waals surface area contributed by atoms with E-state index >= 15 is 0 Å². The monoisotopic (exact) mass is 418 g/mol. The lowest BCUT2D eigenvalue weighted by Crippen LogP contribution is -2.36. The second kappa shape index (κ2) is 8.42. The Kier molecular flexibility index (Phi) is 5.54. The van der Waals surface area contributed by atoms with Crippen molar-refractivity contribution in [3.05, 3.63) is 83.0 Å². The molecule has 3 aromatic rings. The van der Waals surface area contributed by atoms with Gasteiger partial charge >= 0.3 is 0 Å². The minimum atomic E-state index is -0.512. The van der Waals surface area contributed by atoms with E-state index in [1.165, 1.54) is 6.08 Å². The van der Waals surface area contributed by atoms with Gasteiger partial charge in [-0.3, -0.25) is 19.3 Å². The Hall–Kier alpha value is -3.58. The van der Waals surface area contributed by atoms with E-state index < -0.39 is 17.1 Å². The summed E-state index contributed by atoms with van der Waals surface area (Å²) in [4.78, 5) is 38.3. The molecule has 0 radical (unpaired) electrons. The predicted molar refractivity (Wildman–Crippen MR) is 117 cm³/mol. The van der Waals surface area contributed by atoms with E-state index in [1.807, 2.05) is 49.4 Å². The molecule has 0 saturated carbocycles. The highest BCUT2D eigenvalue weighted by atomic mass is 32.2. The lowest BCUT2D eigenvalue weighted by Gasteiger charge is -2.12. The first-order valence-corrected chi connectivity index (χ1v) is 10.1. The van der Waals surface area contributed by atoms with Crippen LogP contribution >= 0.6 is 11.8 Å². The van der Waals surface area contributed by atoms with Crippen molar-refractivity contribution in [2.24, 2.45) is 0 Å². The fraction of sp³-hybridized carbons (Fsp3) is 0.0870. The molecule has 1 N–H and O–H groups in total. The lowest BCUT2D eigenvalue weighted by molar-refractivity contribution is -0.127. The number of rotatable bonds is 5. The fourth-order valence-electron chi connectivity index (χ4n) is 2.93. The Bertz CT molecular complexity index is 1130. The maximum atomic E-state index is 12.6. The van der Waals surface area contributed by atoms with Gasteiger partial charge < -0.3 is 9.73 Å². The number of hydrogen-bond donors (Lipinski definition) is 1. The van der Waals surface area contributed by atoms with Crippen molar-refractivity contribution in [3.8, 4) is 11.3 Å². The molecule has 6 nitrogen and oxygen atoms in total. The van der Waals surface area contributed by atoms with E-state index in [0.29, 0.717) is 17.2 Å². The van der Waals surface area contributed by atoms with Crippen LogP contribution in [0.15, 0.2) is 76.1 Å². The predicted octanol–water partition coefficient (Wildman–Crippen LogP) is 4.93. The van der Waals surface area contributed by atoms with Crippen LogP contribution in [0.2, 0.25) is 0 Å². The number of nitrogens with one attached hydrogen (secondary N) is 1. The molecule has 30 heavy (non-hydrogen) atoms. The number of furan rings is 1. The molecule has 1 fully saturated rings. The van der Waals surface area contributed by atoms with Crippen LogP contribution < -0.4 is 5.32 Å². The summed E-state index contributed by atoms with van der Waals surface area (Å²) in [6.45, 7) is 1.60. The number of thioether (sulfide) groups is 1. The Morgan fingerprint density at radius 3 is 2.50 bits per heavy atom. The second-order valence-corrected chi connectivity index (χ2v) is 7.74. The van der Waals surface area contributed by atoms with Gasteiger partial charge in [0.2, 0.25) is 5.91 Å². The number of carbonyl (C=O) groups is 3. The number of anilines is 1. The summed E-state index contributed by atoms with van der Waals surface area (Å²) < 4.78 is 5.77. The van der Waals surface area contributed by atoms with Crippen LogP contribution in [0.4, 0.5) is 10.5 Å². The van der Waals surface area contributed by atoms with Gasteiger partial charge in [0, 0.05) is 17.3 Å². The lowest BCUT2D eigenvalue weighted by atomic mass is 10.2. The van der Waals surface area contributed by atoms with E-state index in [4.69, 9.17) is 4.42 Å². The Balaban J connectivity index is 1.44.